The van der Waals surface area contributed by atoms with Crippen LogP contribution in [0.4, 0.5) is 11.4 Å². The predicted octanol–water partition coefficient (Wildman–Crippen LogP) is 5.60. The fourth-order valence-electron chi connectivity index (χ4n) is 4.34. The standard InChI is InChI=1S/C28H26N4O4S2/c1-34-17-24(33)30-21-16-18(11-12-22(21)35-2)32-27(26(31-28(32)37)20-10-6-7-15-29-20)23-13-14-25(36-23)38-19-8-4-3-5-9-19/h3-16,26-27H,17H2,1-2H3,(H,30,33)(H,31,37). The summed E-state index contributed by atoms with van der Waals surface area (Å²) in [4.78, 5) is 19.9. The molecule has 0 saturated carbocycles. The first kappa shape index (κ1) is 25.8. The zero-order chi connectivity index (χ0) is 26.5. The SMILES string of the molecule is COCC(=O)Nc1cc(N2C(=S)NC(c3ccccn3)C2c2ccc(Sc3ccccc3)o2)ccc1OC. The summed E-state index contributed by atoms with van der Waals surface area (Å²) in [5, 5.41) is 7.56. The number of hydrogen-bond acceptors (Lipinski definition) is 7. The summed E-state index contributed by atoms with van der Waals surface area (Å²) in [5.74, 6) is 0.961. The van der Waals surface area contributed by atoms with Gasteiger partial charge in [0.15, 0.2) is 10.2 Å². The highest BCUT2D eigenvalue weighted by molar-refractivity contribution is 7.99. The molecule has 1 fully saturated rings. The Morgan fingerprint density at radius 3 is 2.66 bits per heavy atom. The molecule has 8 nitrogen and oxygen atoms in total. The van der Waals surface area contributed by atoms with Gasteiger partial charge in [0.2, 0.25) is 5.91 Å². The van der Waals surface area contributed by atoms with Gasteiger partial charge in [-0.25, -0.2) is 0 Å². The molecule has 0 radical (unpaired) electrons. The summed E-state index contributed by atoms with van der Waals surface area (Å²) in [6, 6.07) is 24.7. The third-order valence-corrected chi connectivity index (χ3v) is 7.21. The number of carbonyl (C=O) groups excluding carboxylic acids is 1. The van der Waals surface area contributed by atoms with Gasteiger partial charge in [-0.15, -0.1) is 0 Å². The lowest BCUT2D eigenvalue weighted by Crippen LogP contribution is -2.29. The van der Waals surface area contributed by atoms with E-state index in [1.54, 1.807) is 31.1 Å². The van der Waals surface area contributed by atoms with E-state index in [9.17, 15) is 4.79 Å². The molecule has 1 saturated heterocycles. The van der Waals surface area contributed by atoms with E-state index in [1.807, 2.05) is 77.7 Å². The first-order chi connectivity index (χ1) is 18.6. The van der Waals surface area contributed by atoms with Gasteiger partial charge >= 0.3 is 0 Å². The Hall–Kier alpha value is -3.86. The summed E-state index contributed by atoms with van der Waals surface area (Å²) in [6.45, 7) is -0.0737. The molecule has 2 N–H and O–H groups in total. The Balaban J connectivity index is 1.53. The van der Waals surface area contributed by atoms with Crippen LogP contribution in [-0.4, -0.2) is 36.8 Å². The Morgan fingerprint density at radius 2 is 1.92 bits per heavy atom. The molecular formula is C28H26N4O4S2. The highest BCUT2D eigenvalue weighted by atomic mass is 32.2. The number of nitrogens with one attached hydrogen (secondary N) is 2. The Morgan fingerprint density at radius 1 is 1.11 bits per heavy atom. The maximum absolute atomic E-state index is 12.3. The van der Waals surface area contributed by atoms with Gasteiger partial charge in [-0.1, -0.05) is 36.0 Å². The number of amides is 1. The van der Waals surface area contributed by atoms with Gasteiger partial charge in [0, 0.05) is 23.9 Å². The molecule has 1 amide bonds. The molecule has 38 heavy (non-hydrogen) atoms. The van der Waals surface area contributed by atoms with Crippen molar-refractivity contribution in [2.24, 2.45) is 0 Å². The first-order valence-corrected chi connectivity index (χ1v) is 13.1. The minimum Gasteiger partial charge on any atom is -0.495 e. The average molecular weight is 547 g/mol. The van der Waals surface area contributed by atoms with Crippen molar-refractivity contribution in [1.82, 2.24) is 10.3 Å². The van der Waals surface area contributed by atoms with Crippen LogP contribution in [0.1, 0.15) is 23.5 Å². The lowest BCUT2D eigenvalue weighted by atomic mass is 10.0. The third kappa shape index (κ3) is 5.52. The quantitative estimate of drug-likeness (QED) is 0.261. The largest absolute Gasteiger partial charge is 0.495 e. The van der Waals surface area contributed by atoms with Crippen LogP contribution in [0.25, 0.3) is 0 Å². The number of carbonyl (C=O) groups is 1. The minimum atomic E-state index is -0.335. The van der Waals surface area contributed by atoms with Crippen LogP contribution in [0.15, 0.2) is 99.5 Å². The van der Waals surface area contributed by atoms with E-state index in [1.165, 1.54) is 7.11 Å². The molecule has 2 unspecified atom stereocenters. The van der Waals surface area contributed by atoms with Crippen LogP contribution in [0.2, 0.25) is 0 Å². The third-order valence-electron chi connectivity index (χ3n) is 5.96. The molecule has 1 aliphatic rings. The normalized spacial score (nSPS) is 16.8. The van der Waals surface area contributed by atoms with E-state index in [2.05, 4.69) is 15.6 Å². The van der Waals surface area contributed by atoms with E-state index in [0.29, 0.717) is 16.5 Å². The van der Waals surface area contributed by atoms with Gasteiger partial charge in [0.05, 0.1) is 24.5 Å². The van der Waals surface area contributed by atoms with E-state index in [0.717, 1.165) is 27.1 Å². The predicted molar refractivity (Wildman–Crippen MR) is 151 cm³/mol. The van der Waals surface area contributed by atoms with E-state index >= 15 is 0 Å². The maximum Gasteiger partial charge on any atom is 0.250 e. The molecule has 0 spiro atoms. The molecule has 2 aromatic carbocycles. The van der Waals surface area contributed by atoms with Crippen LogP contribution in [0.5, 0.6) is 5.75 Å². The molecule has 3 heterocycles. The van der Waals surface area contributed by atoms with Crippen molar-refractivity contribution in [3.63, 3.8) is 0 Å². The lowest BCUT2D eigenvalue weighted by molar-refractivity contribution is -0.119. The monoisotopic (exact) mass is 546 g/mol. The molecule has 0 bridgehead atoms. The summed E-state index contributed by atoms with van der Waals surface area (Å²) < 4.78 is 16.8. The first-order valence-electron chi connectivity index (χ1n) is 11.9. The summed E-state index contributed by atoms with van der Waals surface area (Å²) in [5.41, 5.74) is 2.10. The van der Waals surface area contributed by atoms with Crippen LogP contribution >= 0.6 is 24.0 Å². The highest BCUT2D eigenvalue weighted by Crippen LogP contribution is 2.44. The fourth-order valence-corrected chi connectivity index (χ4v) is 5.48. The van der Waals surface area contributed by atoms with Crippen molar-refractivity contribution in [3.8, 4) is 5.75 Å². The topological polar surface area (TPSA) is 88.9 Å². The summed E-state index contributed by atoms with van der Waals surface area (Å²) >= 11 is 7.37. The number of ether oxygens (including phenoxy) is 2. The van der Waals surface area contributed by atoms with Crippen LogP contribution in [-0.2, 0) is 9.53 Å². The second-order valence-corrected chi connectivity index (χ2v) is 9.90. The zero-order valence-corrected chi connectivity index (χ0v) is 22.4. The number of thiocarbonyl (C=S) groups is 1. The van der Waals surface area contributed by atoms with Gasteiger partial charge in [-0.2, -0.15) is 0 Å². The smallest absolute Gasteiger partial charge is 0.250 e. The molecule has 2 aromatic heterocycles. The van der Waals surface area contributed by atoms with Crippen LogP contribution < -0.4 is 20.3 Å². The molecular weight excluding hydrogens is 520 g/mol. The van der Waals surface area contributed by atoms with Crippen molar-refractivity contribution in [3.05, 3.63) is 96.5 Å². The van der Waals surface area contributed by atoms with Crippen molar-refractivity contribution >= 4 is 46.4 Å². The van der Waals surface area contributed by atoms with Gasteiger partial charge < -0.3 is 29.4 Å². The van der Waals surface area contributed by atoms with E-state index in [4.69, 9.17) is 26.1 Å². The van der Waals surface area contributed by atoms with Crippen molar-refractivity contribution in [2.45, 2.75) is 22.1 Å². The number of nitrogens with zero attached hydrogens (tertiary/aromatic N) is 2. The minimum absolute atomic E-state index is 0.0737. The molecule has 4 aromatic rings. The molecule has 5 rings (SSSR count). The van der Waals surface area contributed by atoms with Gasteiger partial charge in [-0.3, -0.25) is 9.78 Å². The Labute approximate surface area is 230 Å². The van der Waals surface area contributed by atoms with Crippen molar-refractivity contribution in [2.75, 3.05) is 31.0 Å². The van der Waals surface area contributed by atoms with Gasteiger partial charge in [0.1, 0.15) is 24.2 Å². The highest BCUT2D eigenvalue weighted by Gasteiger charge is 2.42. The second-order valence-electron chi connectivity index (χ2n) is 8.43. The molecule has 1 aliphatic heterocycles. The number of hydrogen-bond donors (Lipinski definition) is 2. The van der Waals surface area contributed by atoms with Gasteiger partial charge in [0.25, 0.3) is 0 Å². The fraction of sp³-hybridized carbons (Fsp3) is 0.179. The van der Waals surface area contributed by atoms with Crippen molar-refractivity contribution in [1.29, 1.82) is 0 Å². The summed E-state index contributed by atoms with van der Waals surface area (Å²) in [6.07, 6.45) is 1.76. The zero-order valence-electron chi connectivity index (χ0n) is 20.8. The lowest BCUT2D eigenvalue weighted by Gasteiger charge is -2.27. The van der Waals surface area contributed by atoms with Gasteiger partial charge in [-0.05, 0) is 66.8 Å². The van der Waals surface area contributed by atoms with E-state index < -0.39 is 0 Å². The number of pyridine rings is 1. The molecule has 2 atom stereocenters. The number of rotatable bonds is 9. The molecule has 0 aliphatic carbocycles. The van der Waals surface area contributed by atoms with Crippen molar-refractivity contribution < 1.29 is 18.7 Å². The molecule has 10 heteroatoms. The van der Waals surface area contributed by atoms with Crippen LogP contribution in [0, 0.1) is 0 Å². The number of anilines is 2. The number of furan rings is 1. The Bertz CT molecular complexity index is 1410. The molecule has 194 valence electrons. The average Bonchev–Trinajstić information content (AvgIpc) is 3.53. The number of aromatic nitrogens is 1. The number of methoxy groups -OCH3 is 2. The maximum atomic E-state index is 12.3. The number of benzene rings is 2. The summed E-state index contributed by atoms with van der Waals surface area (Å²) in [7, 11) is 3.02. The second kappa shape index (κ2) is 11.7. The van der Waals surface area contributed by atoms with Crippen LogP contribution in [0.3, 0.4) is 0 Å². The van der Waals surface area contributed by atoms with E-state index in [-0.39, 0.29) is 24.6 Å². The Kier molecular flexibility index (Phi) is 7.92.